The van der Waals surface area contributed by atoms with Crippen molar-refractivity contribution in [2.24, 2.45) is 5.92 Å². The predicted molar refractivity (Wildman–Crippen MR) is 86.4 cm³/mol. The summed E-state index contributed by atoms with van der Waals surface area (Å²) in [5.74, 6) is 1.67. The molecule has 3 heterocycles. The molecule has 8 nitrogen and oxygen atoms in total. The van der Waals surface area contributed by atoms with E-state index in [1.54, 1.807) is 6.07 Å². The van der Waals surface area contributed by atoms with Crippen molar-refractivity contribution in [2.75, 3.05) is 22.9 Å². The molecule has 1 saturated carbocycles. The van der Waals surface area contributed by atoms with E-state index in [1.165, 1.54) is 0 Å². The second-order valence-electron chi connectivity index (χ2n) is 6.35. The molecular weight excluding hydrogens is 294 g/mol. The molecule has 0 saturated heterocycles. The minimum absolute atomic E-state index is 0.183. The monoisotopic (exact) mass is 315 g/mol. The van der Waals surface area contributed by atoms with Gasteiger partial charge >= 0.3 is 0 Å². The summed E-state index contributed by atoms with van der Waals surface area (Å²) >= 11 is 0. The van der Waals surface area contributed by atoms with Crippen molar-refractivity contribution in [3.8, 4) is 0 Å². The van der Waals surface area contributed by atoms with Crippen LogP contribution in [-0.2, 0) is 13.1 Å². The Morgan fingerprint density at radius 2 is 2.00 bits per heavy atom. The number of nitrogens with zero attached hydrogens (tertiary/aromatic N) is 5. The Hall–Kier alpha value is -2.35. The number of aromatic nitrogens is 4. The first-order chi connectivity index (χ1) is 11.1. The first-order valence-corrected chi connectivity index (χ1v) is 8.00. The van der Waals surface area contributed by atoms with Crippen molar-refractivity contribution in [1.29, 1.82) is 0 Å². The van der Waals surface area contributed by atoms with Crippen LogP contribution in [0.15, 0.2) is 12.1 Å². The Balaban J connectivity index is 1.61. The maximum Gasteiger partial charge on any atom is 0.223 e. The summed E-state index contributed by atoms with van der Waals surface area (Å²) in [7, 11) is 0. The number of nitrogens with two attached hydrogens (primary N) is 2. The Labute approximate surface area is 134 Å². The van der Waals surface area contributed by atoms with Crippen molar-refractivity contribution >= 4 is 17.6 Å². The average molecular weight is 315 g/mol. The van der Waals surface area contributed by atoms with Crippen molar-refractivity contribution < 1.29 is 5.11 Å². The molecule has 0 amide bonds. The van der Waals surface area contributed by atoms with Gasteiger partial charge in [0.15, 0.2) is 0 Å². The number of anilines is 3. The molecule has 23 heavy (non-hydrogen) atoms. The second kappa shape index (κ2) is 5.38. The van der Waals surface area contributed by atoms with Crippen LogP contribution in [-0.4, -0.2) is 31.4 Å². The predicted octanol–water partition coefficient (Wildman–Crippen LogP) is 0.691. The van der Waals surface area contributed by atoms with Crippen LogP contribution in [0.5, 0.6) is 0 Å². The van der Waals surface area contributed by atoms with Gasteiger partial charge in [-0.25, -0.2) is 0 Å². The molecular formula is C15H21N7O. The summed E-state index contributed by atoms with van der Waals surface area (Å²) in [4.78, 5) is 10.3. The van der Waals surface area contributed by atoms with Crippen molar-refractivity contribution in [3.05, 3.63) is 23.5 Å². The van der Waals surface area contributed by atoms with Gasteiger partial charge in [0, 0.05) is 19.2 Å². The van der Waals surface area contributed by atoms with Gasteiger partial charge in [-0.05, 0) is 31.2 Å². The van der Waals surface area contributed by atoms with Gasteiger partial charge in [0.25, 0.3) is 0 Å². The fourth-order valence-electron chi connectivity index (χ4n) is 3.11. The molecule has 2 aromatic heterocycles. The molecule has 1 aliphatic carbocycles. The third-order valence-electron chi connectivity index (χ3n) is 4.48. The number of hydrogen-bond acceptors (Lipinski definition) is 7. The second-order valence-corrected chi connectivity index (χ2v) is 6.35. The van der Waals surface area contributed by atoms with Gasteiger partial charge in [-0.1, -0.05) is 0 Å². The topological polar surface area (TPSA) is 119 Å². The van der Waals surface area contributed by atoms with Crippen molar-refractivity contribution in [3.63, 3.8) is 0 Å². The van der Waals surface area contributed by atoms with Gasteiger partial charge in [0.05, 0.1) is 17.9 Å². The maximum atomic E-state index is 10.3. The standard InChI is InChI=1S/C15H21N7O/c16-12-7-13(19-15(17)18-12)21-4-1-5-22-10(8-21)6-11(20-22)14(23)9-2-3-9/h6-7,9,14,23H,1-5,8H2,(H4,16,17,18,19)/t14-/m0/s1. The van der Waals surface area contributed by atoms with Crippen LogP contribution >= 0.6 is 0 Å². The van der Waals surface area contributed by atoms with E-state index in [0.29, 0.717) is 18.3 Å². The highest BCUT2D eigenvalue weighted by molar-refractivity contribution is 5.50. The number of aliphatic hydroxyl groups is 1. The van der Waals surface area contributed by atoms with Crippen LogP contribution in [0.3, 0.4) is 0 Å². The molecule has 0 aromatic carbocycles. The molecule has 0 unspecified atom stereocenters. The van der Waals surface area contributed by atoms with Crippen LogP contribution in [0.2, 0.25) is 0 Å². The Morgan fingerprint density at radius 3 is 2.74 bits per heavy atom. The first-order valence-electron chi connectivity index (χ1n) is 8.00. The fourth-order valence-corrected chi connectivity index (χ4v) is 3.11. The Morgan fingerprint density at radius 1 is 1.17 bits per heavy atom. The SMILES string of the molecule is Nc1cc(N2CCCn3nc([C@@H](O)C4CC4)cc3C2)nc(N)n1. The van der Waals surface area contributed by atoms with Crippen LogP contribution in [0.1, 0.15) is 36.8 Å². The van der Waals surface area contributed by atoms with Gasteiger partial charge in [-0.15, -0.1) is 0 Å². The molecule has 0 spiro atoms. The fraction of sp³-hybridized carbons (Fsp3) is 0.533. The highest BCUT2D eigenvalue weighted by atomic mass is 16.3. The molecule has 2 aliphatic rings. The number of fused-ring (bicyclic) bond motifs is 1. The van der Waals surface area contributed by atoms with E-state index in [2.05, 4.69) is 20.0 Å². The number of aryl methyl sites for hydroxylation is 1. The minimum atomic E-state index is -0.437. The summed E-state index contributed by atoms with van der Waals surface area (Å²) in [6, 6.07) is 3.75. The summed E-state index contributed by atoms with van der Waals surface area (Å²) in [6.45, 7) is 2.35. The van der Waals surface area contributed by atoms with E-state index in [9.17, 15) is 5.11 Å². The smallest absolute Gasteiger partial charge is 0.223 e. The van der Waals surface area contributed by atoms with E-state index in [1.807, 2.05) is 10.7 Å². The number of aliphatic hydroxyl groups excluding tert-OH is 1. The normalized spacial score (nSPS) is 19.3. The van der Waals surface area contributed by atoms with E-state index >= 15 is 0 Å². The lowest BCUT2D eigenvalue weighted by atomic mass is 10.1. The molecule has 2 aromatic rings. The lowest BCUT2D eigenvalue weighted by molar-refractivity contribution is 0.148. The quantitative estimate of drug-likeness (QED) is 0.762. The molecule has 1 aliphatic heterocycles. The van der Waals surface area contributed by atoms with E-state index in [0.717, 1.165) is 49.6 Å². The van der Waals surface area contributed by atoms with Gasteiger partial charge < -0.3 is 21.5 Å². The molecule has 0 bridgehead atoms. The molecule has 8 heteroatoms. The highest BCUT2D eigenvalue weighted by Gasteiger charge is 2.33. The number of hydrogen-bond donors (Lipinski definition) is 3. The zero-order valence-corrected chi connectivity index (χ0v) is 12.9. The third-order valence-corrected chi connectivity index (χ3v) is 4.48. The summed E-state index contributed by atoms with van der Waals surface area (Å²) in [5.41, 5.74) is 13.3. The highest BCUT2D eigenvalue weighted by Crippen LogP contribution is 2.40. The van der Waals surface area contributed by atoms with Crippen molar-refractivity contribution in [2.45, 2.75) is 38.5 Å². The van der Waals surface area contributed by atoms with Gasteiger partial charge in [0.1, 0.15) is 17.7 Å². The summed E-state index contributed by atoms with van der Waals surface area (Å²) in [6.07, 6.45) is 2.69. The summed E-state index contributed by atoms with van der Waals surface area (Å²) in [5, 5.41) is 14.9. The Kier molecular flexibility index (Phi) is 3.33. The largest absolute Gasteiger partial charge is 0.386 e. The Bertz CT molecular complexity index is 704. The molecule has 1 atom stereocenters. The lowest BCUT2D eigenvalue weighted by Crippen LogP contribution is -2.24. The van der Waals surface area contributed by atoms with Crippen LogP contribution in [0.4, 0.5) is 17.6 Å². The molecule has 0 radical (unpaired) electrons. The number of rotatable bonds is 3. The van der Waals surface area contributed by atoms with Crippen LogP contribution < -0.4 is 16.4 Å². The third kappa shape index (κ3) is 2.81. The zero-order valence-electron chi connectivity index (χ0n) is 12.9. The average Bonchev–Trinajstić information content (AvgIpc) is 3.30. The molecule has 5 N–H and O–H groups in total. The van der Waals surface area contributed by atoms with Gasteiger partial charge in [0.2, 0.25) is 5.95 Å². The zero-order chi connectivity index (χ0) is 16.0. The summed E-state index contributed by atoms with van der Waals surface area (Å²) < 4.78 is 1.99. The molecule has 4 rings (SSSR count). The van der Waals surface area contributed by atoms with E-state index in [-0.39, 0.29) is 5.95 Å². The van der Waals surface area contributed by atoms with Crippen LogP contribution in [0.25, 0.3) is 0 Å². The van der Waals surface area contributed by atoms with Crippen LogP contribution in [0, 0.1) is 5.92 Å². The molecule has 122 valence electrons. The number of nitrogen functional groups attached to an aromatic ring is 2. The first kappa shape index (κ1) is 14.3. The van der Waals surface area contributed by atoms with E-state index < -0.39 is 6.10 Å². The van der Waals surface area contributed by atoms with Gasteiger partial charge in [-0.2, -0.15) is 15.1 Å². The van der Waals surface area contributed by atoms with Gasteiger partial charge in [-0.3, -0.25) is 4.68 Å². The minimum Gasteiger partial charge on any atom is -0.386 e. The molecule has 1 fully saturated rings. The van der Waals surface area contributed by atoms with E-state index in [4.69, 9.17) is 11.5 Å². The lowest BCUT2D eigenvalue weighted by Gasteiger charge is -2.21. The van der Waals surface area contributed by atoms with Crippen molar-refractivity contribution in [1.82, 2.24) is 19.7 Å². The maximum absolute atomic E-state index is 10.3.